The number of nitrogens with one attached hydrogen (secondary N) is 2. The zero-order valence-electron chi connectivity index (χ0n) is 13.0. The fourth-order valence-corrected chi connectivity index (χ4v) is 2.75. The predicted octanol–water partition coefficient (Wildman–Crippen LogP) is 2.87. The molecule has 1 heterocycles. The van der Waals surface area contributed by atoms with Crippen LogP contribution < -0.4 is 10.6 Å². The van der Waals surface area contributed by atoms with E-state index < -0.39 is 0 Å². The number of urea groups is 1. The molecular weight excluding hydrogens is 280 g/mol. The van der Waals surface area contributed by atoms with Gasteiger partial charge in [0.05, 0.1) is 12.6 Å². The van der Waals surface area contributed by atoms with Crippen molar-refractivity contribution in [3.8, 4) is 0 Å². The normalized spacial score (nSPS) is 17.2. The molecule has 0 aliphatic heterocycles. The van der Waals surface area contributed by atoms with E-state index in [9.17, 15) is 9.90 Å². The largest absolute Gasteiger partial charge is 0.459 e. The van der Waals surface area contributed by atoms with Gasteiger partial charge < -0.3 is 20.2 Å². The summed E-state index contributed by atoms with van der Waals surface area (Å²) in [5, 5.41) is 16.1. The number of para-hydroxylation sites is 1. The summed E-state index contributed by atoms with van der Waals surface area (Å²) in [4.78, 5) is 12.0. The minimum absolute atomic E-state index is 0.0874. The average Bonchev–Trinajstić information content (AvgIpc) is 3.23. The molecule has 1 aromatic heterocycles. The number of carbonyl (C=O) groups is 1. The number of hydrogen-bond donors (Lipinski definition) is 3. The second kappa shape index (κ2) is 5.65. The van der Waals surface area contributed by atoms with Crippen LogP contribution in [0.3, 0.4) is 0 Å². The number of fused-ring (bicyclic) bond motifs is 1. The van der Waals surface area contributed by atoms with Crippen LogP contribution in [-0.4, -0.2) is 24.3 Å². The number of aliphatic hydroxyl groups is 1. The Morgan fingerprint density at radius 1 is 1.41 bits per heavy atom. The minimum Gasteiger partial charge on any atom is -0.459 e. The van der Waals surface area contributed by atoms with Crippen LogP contribution in [0, 0.1) is 12.3 Å². The first kappa shape index (κ1) is 14.9. The van der Waals surface area contributed by atoms with Gasteiger partial charge in [-0.15, -0.1) is 0 Å². The molecule has 22 heavy (non-hydrogen) atoms. The highest BCUT2D eigenvalue weighted by Crippen LogP contribution is 2.44. The second-order valence-electron chi connectivity index (χ2n) is 6.29. The quantitative estimate of drug-likeness (QED) is 0.795. The molecule has 3 N–H and O–H groups in total. The first-order chi connectivity index (χ1) is 10.5. The monoisotopic (exact) mass is 302 g/mol. The molecule has 1 fully saturated rings. The van der Waals surface area contributed by atoms with E-state index in [-0.39, 0.29) is 24.1 Å². The molecule has 118 valence electrons. The highest BCUT2D eigenvalue weighted by molar-refractivity contribution is 5.82. The molecule has 5 heteroatoms. The summed E-state index contributed by atoms with van der Waals surface area (Å²) in [6.45, 7) is 4.55. The van der Waals surface area contributed by atoms with Gasteiger partial charge in [-0.2, -0.15) is 0 Å². The first-order valence-corrected chi connectivity index (χ1v) is 7.68. The van der Waals surface area contributed by atoms with Crippen LogP contribution in [-0.2, 0) is 0 Å². The number of furan rings is 1. The molecule has 1 aliphatic carbocycles. The highest BCUT2D eigenvalue weighted by atomic mass is 16.3. The van der Waals surface area contributed by atoms with Crippen LogP contribution in [0.5, 0.6) is 0 Å². The van der Waals surface area contributed by atoms with Gasteiger partial charge in [-0.05, 0) is 32.8 Å². The number of carbonyl (C=O) groups excluding carboxylic acids is 1. The number of aryl methyl sites for hydroxylation is 1. The number of benzene rings is 1. The molecule has 1 saturated carbocycles. The van der Waals surface area contributed by atoms with Gasteiger partial charge in [-0.1, -0.05) is 18.2 Å². The second-order valence-corrected chi connectivity index (χ2v) is 6.29. The highest BCUT2D eigenvalue weighted by Gasteiger charge is 2.42. The Morgan fingerprint density at radius 2 is 2.14 bits per heavy atom. The zero-order chi connectivity index (χ0) is 15.7. The van der Waals surface area contributed by atoms with Gasteiger partial charge in [-0.25, -0.2) is 4.79 Å². The fraction of sp³-hybridized carbons (Fsp3) is 0.471. The van der Waals surface area contributed by atoms with E-state index in [1.54, 1.807) is 0 Å². The van der Waals surface area contributed by atoms with E-state index in [1.807, 2.05) is 38.1 Å². The van der Waals surface area contributed by atoms with Crippen molar-refractivity contribution in [1.82, 2.24) is 10.6 Å². The Kier molecular flexibility index (Phi) is 3.83. The van der Waals surface area contributed by atoms with Gasteiger partial charge in [0.25, 0.3) is 0 Å². The van der Waals surface area contributed by atoms with Gasteiger partial charge >= 0.3 is 6.03 Å². The third-order valence-electron chi connectivity index (χ3n) is 4.54. The third kappa shape index (κ3) is 2.81. The van der Waals surface area contributed by atoms with Crippen molar-refractivity contribution in [3.05, 3.63) is 35.6 Å². The van der Waals surface area contributed by atoms with Crippen molar-refractivity contribution in [3.63, 3.8) is 0 Å². The first-order valence-electron chi connectivity index (χ1n) is 7.68. The summed E-state index contributed by atoms with van der Waals surface area (Å²) in [6, 6.07) is 7.41. The fourth-order valence-electron chi connectivity index (χ4n) is 2.75. The molecule has 1 atom stereocenters. The van der Waals surface area contributed by atoms with Gasteiger partial charge in [0.15, 0.2) is 0 Å². The molecule has 1 aliphatic rings. The Morgan fingerprint density at radius 3 is 2.77 bits per heavy atom. The lowest BCUT2D eigenvalue weighted by atomic mass is 10.1. The van der Waals surface area contributed by atoms with Crippen LogP contribution in [0.1, 0.15) is 37.1 Å². The lowest BCUT2D eigenvalue weighted by Crippen LogP contribution is -2.40. The van der Waals surface area contributed by atoms with Crippen molar-refractivity contribution in [2.75, 3.05) is 13.2 Å². The molecule has 3 rings (SSSR count). The number of hydrogen-bond acceptors (Lipinski definition) is 3. The number of amides is 2. The van der Waals surface area contributed by atoms with E-state index in [1.165, 1.54) is 0 Å². The minimum atomic E-state index is -0.230. The van der Waals surface area contributed by atoms with Crippen molar-refractivity contribution in [2.24, 2.45) is 5.41 Å². The van der Waals surface area contributed by atoms with E-state index in [2.05, 4.69) is 10.6 Å². The van der Waals surface area contributed by atoms with Crippen molar-refractivity contribution in [1.29, 1.82) is 0 Å². The van der Waals surface area contributed by atoms with Crippen LogP contribution in [0.2, 0.25) is 0 Å². The molecule has 5 nitrogen and oxygen atoms in total. The summed E-state index contributed by atoms with van der Waals surface area (Å²) in [6.07, 6.45) is 1.95. The van der Waals surface area contributed by atoms with Crippen LogP contribution in [0.4, 0.5) is 4.79 Å². The Hall–Kier alpha value is -2.01. The van der Waals surface area contributed by atoms with Gasteiger partial charge in [0.2, 0.25) is 0 Å². The van der Waals surface area contributed by atoms with E-state index in [0.717, 1.165) is 35.1 Å². The molecule has 0 spiro atoms. The topological polar surface area (TPSA) is 74.5 Å². The molecule has 1 aromatic carbocycles. The molecule has 2 aromatic rings. The molecule has 2 amide bonds. The standard InChI is InChI=1S/C17H22N2O3/c1-11-13-5-3-4-6-14(13)22-15(11)12(2)19-16(21)18-9-17(10-20)7-8-17/h3-6,12,20H,7-10H2,1-2H3,(H2,18,19,21). The van der Waals surface area contributed by atoms with Gasteiger partial charge in [0.1, 0.15) is 11.3 Å². The lowest BCUT2D eigenvalue weighted by Gasteiger charge is -2.16. The summed E-state index contributed by atoms with van der Waals surface area (Å²) in [5.41, 5.74) is 1.80. The van der Waals surface area contributed by atoms with E-state index >= 15 is 0 Å². The molecule has 1 unspecified atom stereocenters. The van der Waals surface area contributed by atoms with Crippen LogP contribution >= 0.6 is 0 Å². The summed E-state index contributed by atoms with van der Waals surface area (Å²) >= 11 is 0. The lowest BCUT2D eigenvalue weighted by molar-refractivity contribution is 0.202. The summed E-state index contributed by atoms with van der Waals surface area (Å²) in [7, 11) is 0. The maximum Gasteiger partial charge on any atom is 0.315 e. The Labute approximate surface area is 129 Å². The van der Waals surface area contributed by atoms with Crippen molar-refractivity contribution >= 4 is 17.0 Å². The average molecular weight is 302 g/mol. The van der Waals surface area contributed by atoms with Gasteiger partial charge in [0, 0.05) is 22.9 Å². The molecular formula is C17H22N2O3. The van der Waals surface area contributed by atoms with Crippen LogP contribution in [0.25, 0.3) is 11.0 Å². The molecule has 0 saturated heterocycles. The number of aliphatic hydroxyl groups excluding tert-OH is 1. The summed E-state index contributed by atoms with van der Waals surface area (Å²) < 4.78 is 5.86. The Bertz CT molecular complexity index is 688. The van der Waals surface area contributed by atoms with E-state index in [0.29, 0.717) is 6.54 Å². The van der Waals surface area contributed by atoms with E-state index in [4.69, 9.17) is 4.42 Å². The SMILES string of the molecule is Cc1c(C(C)NC(=O)NCC2(CO)CC2)oc2ccccc12. The zero-order valence-corrected chi connectivity index (χ0v) is 13.0. The molecule has 0 radical (unpaired) electrons. The maximum absolute atomic E-state index is 12.0. The van der Waals surface area contributed by atoms with Gasteiger partial charge in [-0.3, -0.25) is 0 Å². The number of rotatable bonds is 5. The molecule has 0 bridgehead atoms. The Balaban J connectivity index is 1.64. The summed E-state index contributed by atoms with van der Waals surface area (Å²) in [5.74, 6) is 0.777. The predicted molar refractivity (Wildman–Crippen MR) is 84.7 cm³/mol. The van der Waals surface area contributed by atoms with Crippen molar-refractivity contribution < 1.29 is 14.3 Å². The van der Waals surface area contributed by atoms with Crippen molar-refractivity contribution in [2.45, 2.75) is 32.7 Å². The van der Waals surface area contributed by atoms with Crippen LogP contribution in [0.15, 0.2) is 28.7 Å². The third-order valence-corrected chi connectivity index (χ3v) is 4.54. The smallest absolute Gasteiger partial charge is 0.315 e. The maximum atomic E-state index is 12.0.